The number of aliphatic carboxylic acids is 1. The molecule has 0 spiro atoms. The van der Waals surface area contributed by atoms with Crippen LogP contribution in [0.3, 0.4) is 0 Å². The maximum absolute atomic E-state index is 13.9. The molecule has 2 aromatic carbocycles. The third-order valence-corrected chi connectivity index (χ3v) is 9.18. The van der Waals surface area contributed by atoms with Crippen molar-refractivity contribution >= 4 is 40.4 Å². The molecule has 1 aliphatic heterocycles. The maximum atomic E-state index is 13.9. The first-order valence-corrected chi connectivity index (χ1v) is 15.7. The van der Waals surface area contributed by atoms with Gasteiger partial charge in [-0.05, 0) is 91.7 Å². The molecule has 1 saturated carbocycles. The number of hydrogen-bond donors (Lipinski definition) is 4. The Kier molecular flexibility index (Phi) is 8.80. The van der Waals surface area contributed by atoms with E-state index in [1.54, 1.807) is 24.3 Å². The van der Waals surface area contributed by atoms with E-state index in [9.17, 15) is 14.4 Å². The number of rotatable bonds is 8. The second-order valence-corrected chi connectivity index (χ2v) is 12.2. The number of piperidine rings is 1. The Labute approximate surface area is 262 Å². The number of carboxylic acids is 1. The quantitative estimate of drug-likeness (QED) is 0.186. The molecule has 45 heavy (non-hydrogen) atoms. The number of amides is 2. The van der Waals surface area contributed by atoms with Crippen LogP contribution in [0.25, 0.3) is 28.4 Å². The van der Waals surface area contributed by atoms with E-state index in [4.69, 9.17) is 10.1 Å². The van der Waals surface area contributed by atoms with Crippen molar-refractivity contribution in [3.05, 3.63) is 89.6 Å². The first-order chi connectivity index (χ1) is 21.8. The summed E-state index contributed by atoms with van der Waals surface area (Å²) in [7, 11) is 2.04. The molecule has 232 valence electrons. The van der Waals surface area contributed by atoms with E-state index in [0.717, 1.165) is 54.2 Å². The average molecular weight is 606 g/mol. The van der Waals surface area contributed by atoms with Crippen molar-refractivity contribution in [2.45, 2.75) is 56.4 Å². The first-order valence-electron chi connectivity index (χ1n) is 15.7. The van der Waals surface area contributed by atoms with Crippen molar-refractivity contribution in [1.29, 1.82) is 0 Å². The topological polar surface area (TPSA) is 125 Å². The standard InChI is InChI=1S/C36H39N5O4/c1-41-30-22-26(14-17-28(30)32(25-8-3-2-4-9-25)33(41)29-10-5-6-21-38-29)34(44)40-36(19-7-20-37-23-36)35(45)39-27-15-11-24(12-16-27)13-18-31(42)43/h5-6,10-18,21-22,25,37H,2-4,7-9,19-20,23H2,1H3,(H,39,45)(H,40,44)(H,42,43)/b18-13+/t36-/m0/s1. The largest absolute Gasteiger partial charge is 0.478 e. The van der Waals surface area contributed by atoms with Gasteiger partial charge in [0.15, 0.2) is 0 Å². The highest BCUT2D eigenvalue weighted by atomic mass is 16.4. The van der Waals surface area contributed by atoms with Crippen LogP contribution in [0.1, 0.15) is 72.3 Å². The molecule has 2 amide bonds. The molecule has 9 heteroatoms. The molecular weight excluding hydrogens is 566 g/mol. The van der Waals surface area contributed by atoms with E-state index < -0.39 is 11.5 Å². The van der Waals surface area contributed by atoms with Crippen molar-refractivity contribution in [1.82, 2.24) is 20.2 Å². The van der Waals surface area contributed by atoms with Crippen molar-refractivity contribution in [2.75, 3.05) is 18.4 Å². The number of aromatic nitrogens is 2. The molecule has 2 aromatic heterocycles. The number of carbonyl (C=O) groups is 3. The van der Waals surface area contributed by atoms with Crippen molar-refractivity contribution < 1.29 is 19.5 Å². The Morgan fingerprint density at radius 3 is 2.51 bits per heavy atom. The van der Waals surface area contributed by atoms with Gasteiger partial charge in [-0.15, -0.1) is 0 Å². The van der Waals surface area contributed by atoms with Crippen LogP contribution in [0.2, 0.25) is 0 Å². The molecule has 2 aliphatic rings. The number of carbonyl (C=O) groups excluding carboxylic acids is 2. The molecule has 2 fully saturated rings. The third kappa shape index (κ3) is 6.40. The van der Waals surface area contributed by atoms with Crippen LogP contribution in [0, 0.1) is 0 Å². The fourth-order valence-electron chi connectivity index (χ4n) is 6.87. The Bertz CT molecular complexity index is 1730. The lowest BCUT2D eigenvalue weighted by Crippen LogP contribution is -2.64. The molecule has 1 aliphatic carbocycles. The van der Waals surface area contributed by atoms with Gasteiger partial charge in [0, 0.05) is 48.0 Å². The molecule has 1 atom stereocenters. The number of pyridine rings is 1. The van der Waals surface area contributed by atoms with E-state index in [2.05, 4.69) is 26.6 Å². The Morgan fingerprint density at radius 2 is 1.82 bits per heavy atom. The van der Waals surface area contributed by atoms with Gasteiger partial charge in [0.1, 0.15) is 5.54 Å². The number of hydrogen-bond acceptors (Lipinski definition) is 5. The Balaban J connectivity index is 1.29. The summed E-state index contributed by atoms with van der Waals surface area (Å²) in [6.07, 6.45) is 11.6. The Hall–Kier alpha value is -4.76. The number of aryl methyl sites for hydroxylation is 1. The van der Waals surface area contributed by atoms with E-state index in [-0.39, 0.29) is 11.8 Å². The minimum absolute atomic E-state index is 0.297. The molecule has 4 N–H and O–H groups in total. The second-order valence-electron chi connectivity index (χ2n) is 12.2. The zero-order valence-electron chi connectivity index (χ0n) is 25.5. The molecule has 6 rings (SSSR count). The van der Waals surface area contributed by atoms with Crippen LogP contribution in [-0.2, 0) is 16.6 Å². The van der Waals surface area contributed by atoms with Gasteiger partial charge >= 0.3 is 5.97 Å². The molecule has 4 aromatic rings. The number of carboxylic acid groups (broad SMARTS) is 1. The summed E-state index contributed by atoms with van der Waals surface area (Å²) in [4.78, 5) is 43.1. The highest BCUT2D eigenvalue weighted by Gasteiger charge is 2.41. The third-order valence-electron chi connectivity index (χ3n) is 9.18. The zero-order valence-corrected chi connectivity index (χ0v) is 25.5. The zero-order chi connectivity index (χ0) is 31.4. The van der Waals surface area contributed by atoms with Gasteiger partial charge < -0.3 is 25.6 Å². The lowest BCUT2D eigenvalue weighted by Gasteiger charge is -2.37. The molecule has 0 radical (unpaired) electrons. The van der Waals surface area contributed by atoms with Crippen molar-refractivity contribution in [3.8, 4) is 11.4 Å². The van der Waals surface area contributed by atoms with Crippen LogP contribution in [0.4, 0.5) is 5.69 Å². The number of benzene rings is 2. The van der Waals surface area contributed by atoms with Crippen molar-refractivity contribution in [3.63, 3.8) is 0 Å². The van der Waals surface area contributed by atoms with Crippen LogP contribution in [-0.4, -0.2) is 51.1 Å². The van der Waals surface area contributed by atoms with Gasteiger partial charge in [-0.3, -0.25) is 14.6 Å². The van der Waals surface area contributed by atoms with Crippen LogP contribution in [0.5, 0.6) is 0 Å². The van der Waals surface area contributed by atoms with E-state index >= 15 is 0 Å². The first kappa shape index (κ1) is 30.3. The summed E-state index contributed by atoms with van der Waals surface area (Å²) in [5.41, 5.74) is 4.95. The van der Waals surface area contributed by atoms with Gasteiger partial charge in [0.05, 0.1) is 11.4 Å². The van der Waals surface area contributed by atoms with Gasteiger partial charge in [0.25, 0.3) is 11.8 Å². The monoisotopic (exact) mass is 605 g/mol. The highest BCUT2D eigenvalue weighted by Crippen LogP contribution is 2.43. The summed E-state index contributed by atoms with van der Waals surface area (Å²) in [6, 6.07) is 18.8. The van der Waals surface area contributed by atoms with E-state index in [1.165, 1.54) is 30.9 Å². The lowest BCUT2D eigenvalue weighted by atomic mass is 9.82. The number of nitrogens with one attached hydrogen (secondary N) is 3. The highest BCUT2D eigenvalue weighted by molar-refractivity contribution is 6.06. The van der Waals surface area contributed by atoms with E-state index in [1.807, 2.05) is 43.6 Å². The second kappa shape index (κ2) is 13.1. The van der Waals surface area contributed by atoms with E-state index in [0.29, 0.717) is 35.7 Å². The minimum atomic E-state index is -1.13. The molecule has 1 saturated heterocycles. The summed E-state index contributed by atoms with van der Waals surface area (Å²) in [6.45, 7) is 1.08. The number of nitrogens with zero attached hydrogens (tertiary/aromatic N) is 2. The smallest absolute Gasteiger partial charge is 0.328 e. The van der Waals surface area contributed by atoms with Crippen LogP contribution >= 0.6 is 0 Å². The van der Waals surface area contributed by atoms with Gasteiger partial charge in [-0.1, -0.05) is 43.5 Å². The van der Waals surface area contributed by atoms with Crippen molar-refractivity contribution in [2.24, 2.45) is 7.05 Å². The van der Waals surface area contributed by atoms with Gasteiger partial charge in [-0.25, -0.2) is 4.79 Å². The van der Waals surface area contributed by atoms with Crippen LogP contribution in [0.15, 0.2) is 72.9 Å². The SMILES string of the molecule is Cn1c(-c2ccccn2)c(C2CCCCC2)c2ccc(C(=O)N[C@@]3(C(=O)Nc4ccc(/C=C/C(=O)O)cc4)CCCNC3)cc21. The summed E-state index contributed by atoms with van der Waals surface area (Å²) in [5, 5.41) is 19.4. The Morgan fingerprint density at radius 1 is 1.02 bits per heavy atom. The average Bonchev–Trinajstić information content (AvgIpc) is 3.37. The number of anilines is 1. The molecular formula is C36H39N5O4. The minimum Gasteiger partial charge on any atom is -0.478 e. The fourth-order valence-corrected chi connectivity index (χ4v) is 6.87. The van der Waals surface area contributed by atoms with Gasteiger partial charge in [0.2, 0.25) is 0 Å². The summed E-state index contributed by atoms with van der Waals surface area (Å²) < 4.78 is 2.17. The van der Waals surface area contributed by atoms with Crippen LogP contribution < -0.4 is 16.0 Å². The predicted octanol–water partition coefficient (Wildman–Crippen LogP) is 5.88. The normalized spacial score (nSPS) is 19.0. The van der Waals surface area contributed by atoms with Gasteiger partial charge in [-0.2, -0.15) is 0 Å². The molecule has 9 nitrogen and oxygen atoms in total. The number of fused-ring (bicyclic) bond motifs is 1. The molecule has 3 heterocycles. The lowest BCUT2D eigenvalue weighted by molar-refractivity contribution is -0.131. The molecule has 0 bridgehead atoms. The predicted molar refractivity (Wildman–Crippen MR) is 176 cm³/mol. The summed E-state index contributed by atoms with van der Waals surface area (Å²) >= 11 is 0. The fraction of sp³-hybridized carbons (Fsp3) is 0.333. The summed E-state index contributed by atoms with van der Waals surface area (Å²) in [5.74, 6) is -1.18. The maximum Gasteiger partial charge on any atom is 0.328 e. The molecule has 0 unspecified atom stereocenters.